The Morgan fingerprint density at radius 1 is 1.16 bits per heavy atom. The van der Waals surface area contributed by atoms with Crippen LogP contribution in [0.5, 0.6) is 0 Å². The fourth-order valence-electron chi connectivity index (χ4n) is 8.79. The van der Waals surface area contributed by atoms with Crippen LogP contribution in [0.3, 0.4) is 0 Å². The average molecular weight is 694 g/mol. The van der Waals surface area contributed by atoms with Crippen LogP contribution in [0.2, 0.25) is 0 Å². The number of amides is 3. The van der Waals surface area contributed by atoms with Gasteiger partial charge in [-0.25, -0.2) is 0 Å². The van der Waals surface area contributed by atoms with Crippen LogP contribution in [0.1, 0.15) is 98.6 Å². The molecule has 1 aromatic rings. The SMILES string of the molecule is C=CCCC(=O)OC[C@H](NC(=O)[C@@H]1[C@H]2C(=O)N([C@@H](CO)[C@@H](C)CC)[C@H](C(=O)N(CC=C)C(C)(C)CC(C)(C)C)[C@]23CC[C@H]1O3)c1ccccc1. The minimum absolute atomic E-state index is 0.0824. The molecule has 0 radical (unpaired) electrons. The highest BCUT2D eigenvalue weighted by Gasteiger charge is 2.75. The zero-order valence-corrected chi connectivity index (χ0v) is 31.2. The number of ether oxygens (including phenoxy) is 2. The summed E-state index contributed by atoms with van der Waals surface area (Å²) in [5, 5.41) is 13.9. The summed E-state index contributed by atoms with van der Waals surface area (Å²) in [6.45, 7) is 21.9. The summed E-state index contributed by atoms with van der Waals surface area (Å²) in [5.74, 6) is -3.30. The quantitative estimate of drug-likeness (QED) is 0.166. The number of benzene rings is 1. The van der Waals surface area contributed by atoms with E-state index in [1.807, 2.05) is 58.0 Å². The maximum absolute atomic E-state index is 15.1. The zero-order valence-electron chi connectivity index (χ0n) is 31.2. The molecule has 4 rings (SSSR count). The third-order valence-corrected chi connectivity index (χ3v) is 10.9. The Morgan fingerprint density at radius 2 is 1.84 bits per heavy atom. The second kappa shape index (κ2) is 15.8. The van der Waals surface area contributed by atoms with Gasteiger partial charge in [0.1, 0.15) is 18.2 Å². The molecule has 1 aromatic carbocycles. The molecule has 3 amide bonds. The molecule has 0 unspecified atom stereocenters. The monoisotopic (exact) mass is 693 g/mol. The predicted octanol–water partition coefficient (Wildman–Crippen LogP) is 5.36. The lowest BCUT2D eigenvalue weighted by atomic mass is 9.70. The van der Waals surface area contributed by atoms with Crippen molar-refractivity contribution in [2.45, 2.75) is 122 Å². The number of fused-ring (bicyclic) bond motifs is 1. The zero-order chi connectivity index (χ0) is 37.0. The number of carbonyl (C=O) groups excluding carboxylic acids is 4. The summed E-state index contributed by atoms with van der Waals surface area (Å²) in [6, 6.07) is 6.93. The molecule has 10 heteroatoms. The van der Waals surface area contributed by atoms with Gasteiger partial charge in [0.25, 0.3) is 0 Å². The van der Waals surface area contributed by atoms with Crippen molar-refractivity contribution < 1.29 is 33.8 Å². The number of hydrogen-bond acceptors (Lipinski definition) is 7. The van der Waals surface area contributed by atoms with Gasteiger partial charge in [-0.05, 0) is 56.4 Å². The standard InChI is InChI=1S/C40H59N3O7/c1-10-13-19-31(45)49-24-28(27-17-15-14-16-18-27)41-35(46)32-30-20-21-40(50-30)33(32)36(47)43(29(23-44)26(4)12-3)34(40)37(48)42(22-11-2)39(8,9)25-38(5,6)7/h10-11,14-18,26,28-30,32-34,44H,1-2,12-13,19-25H2,3-9H3,(H,41,46)/t26-,28-,29-,30+,32-,33-,34+,40-/m0/s1. The lowest BCUT2D eigenvalue weighted by Crippen LogP contribution is -2.63. The van der Waals surface area contributed by atoms with Crippen LogP contribution in [-0.2, 0) is 28.7 Å². The maximum Gasteiger partial charge on any atom is 0.306 e. The predicted molar refractivity (Wildman–Crippen MR) is 193 cm³/mol. The minimum Gasteiger partial charge on any atom is -0.463 e. The summed E-state index contributed by atoms with van der Waals surface area (Å²) >= 11 is 0. The van der Waals surface area contributed by atoms with Crippen LogP contribution in [0, 0.1) is 23.2 Å². The lowest BCUT2D eigenvalue weighted by Gasteiger charge is -2.47. The van der Waals surface area contributed by atoms with E-state index in [1.54, 1.807) is 22.0 Å². The Bertz CT molecular complexity index is 1410. The van der Waals surface area contributed by atoms with E-state index in [9.17, 15) is 19.5 Å². The number of carbonyl (C=O) groups is 4. The van der Waals surface area contributed by atoms with Gasteiger partial charge in [-0.3, -0.25) is 19.2 Å². The molecule has 2 N–H and O–H groups in total. The van der Waals surface area contributed by atoms with Crippen molar-refractivity contribution in [3.8, 4) is 0 Å². The van der Waals surface area contributed by atoms with Gasteiger partial charge in [-0.15, -0.1) is 13.2 Å². The van der Waals surface area contributed by atoms with E-state index in [-0.39, 0.29) is 55.2 Å². The summed E-state index contributed by atoms with van der Waals surface area (Å²) in [4.78, 5) is 60.2. The molecule has 1 spiro atoms. The number of nitrogens with one attached hydrogen (secondary N) is 1. The number of esters is 1. The van der Waals surface area contributed by atoms with E-state index in [0.29, 0.717) is 32.1 Å². The van der Waals surface area contributed by atoms with Crippen molar-refractivity contribution in [2.24, 2.45) is 23.2 Å². The number of aliphatic hydroxyl groups is 1. The summed E-state index contributed by atoms with van der Waals surface area (Å²) in [7, 11) is 0. The van der Waals surface area contributed by atoms with E-state index in [2.05, 4.69) is 39.2 Å². The first-order valence-electron chi connectivity index (χ1n) is 18.2. The molecular formula is C40H59N3O7. The van der Waals surface area contributed by atoms with Crippen molar-refractivity contribution in [1.29, 1.82) is 0 Å². The number of rotatable bonds is 17. The van der Waals surface area contributed by atoms with Gasteiger partial charge in [0.2, 0.25) is 17.7 Å². The number of hydrogen-bond donors (Lipinski definition) is 2. The second-order valence-corrected chi connectivity index (χ2v) is 16.2. The molecule has 3 aliphatic heterocycles. The van der Waals surface area contributed by atoms with Crippen molar-refractivity contribution in [3.05, 3.63) is 61.2 Å². The first kappa shape index (κ1) is 39.3. The molecule has 3 heterocycles. The number of nitrogens with zero attached hydrogens (tertiary/aromatic N) is 2. The van der Waals surface area contributed by atoms with E-state index in [0.717, 1.165) is 5.56 Å². The second-order valence-electron chi connectivity index (χ2n) is 16.2. The summed E-state index contributed by atoms with van der Waals surface area (Å²) in [6.07, 6.45) is 5.75. The molecule has 0 aromatic heterocycles. The van der Waals surface area contributed by atoms with Crippen molar-refractivity contribution >= 4 is 23.7 Å². The molecule has 3 aliphatic rings. The molecule has 3 fully saturated rings. The first-order chi connectivity index (χ1) is 23.6. The third kappa shape index (κ3) is 7.86. The molecule has 10 nitrogen and oxygen atoms in total. The number of aliphatic hydroxyl groups excluding tert-OH is 1. The van der Waals surface area contributed by atoms with Gasteiger partial charge in [-0.2, -0.15) is 0 Å². The highest BCUT2D eigenvalue weighted by molar-refractivity contribution is 5.99. The Balaban J connectivity index is 1.74. The van der Waals surface area contributed by atoms with Crippen LogP contribution in [-0.4, -0.2) is 87.7 Å². The Hall–Kier alpha value is -3.50. The Morgan fingerprint density at radius 3 is 2.42 bits per heavy atom. The van der Waals surface area contributed by atoms with E-state index in [4.69, 9.17) is 9.47 Å². The molecule has 0 aliphatic carbocycles. The third-order valence-electron chi connectivity index (χ3n) is 10.9. The molecule has 8 atom stereocenters. The molecule has 50 heavy (non-hydrogen) atoms. The smallest absolute Gasteiger partial charge is 0.306 e. The van der Waals surface area contributed by atoms with Gasteiger partial charge in [0.05, 0.1) is 36.6 Å². The summed E-state index contributed by atoms with van der Waals surface area (Å²) in [5.41, 5.74) is -1.18. The van der Waals surface area contributed by atoms with Crippen LogP contribution >= 0.6 is 0 Å². The van der Waals surface area contributed by atoms with Crippen LogP contribution in [0.25, 0.3) is 0 Å². The van der Waals surface area contributed by atoms with Crippen LogP contribution in [0.4, 0.5) is 0 Å². The lowest BCUT2D eigenvalue weighted by molar-refractivity contribution is -0.156. The maximum atomic E-state index is 15.1. The molecule has 3 saturated heterocycles. The van der Waals surface area contributed by atoms with Gasteiger partial charge in [-0.1, -0.05) is 83.5 Å². The fraction of sp³-hybridized carbons (Fsp3) is 0.650. The highest BCUT2D eigenvalue weighted by Crippen LogP contribution is 2.59. The highest BCUT2D eigenvalue weighted by atomic mass is 16.5. The molecule has 2 bridgehead atoms. The topological polar surface area (TPSA) is 125 Å². The number of likely N-dealkylation sites (tertiary alicyclic amines) is 1. The Labute approximate surface area is 298 Å². The fourth-order valence-corrected chi connectivity index (χ4v) is 8.79. The molecular weight excluding hydrogens is 634 g/mol. The Kier molecular flexibility index (Phi) is 12.4. The minimum atomic E-state index is -1.24. The molecule has 276 valence electrons. The normalized spacial score (nSPS) is 26.2. The van der Waals surface area contributed by atoms with Gasteiger partial charge in [0.15, 0.2) is 0 Å². The largest absolute Gasteiger partial charge is 0.463 e. The van der Waals surface area contributed by atoms with Gasteiger partial charge >= 0.3 is 5.97 Å². The van der Waals surface area contributed by atoms with Crippen molar-refractivity contribution in [1.82, 2.24) is 15.1 Å². The van der Waals surface area contributed by atoms with E-state index < -0.39 is 53.2 Å². The summed E-state index contributed by atoms with van der Waals surface area (Å²) < 4.78 is 12.3. The van der Waals surface area contributed by atoms with Crippen LogP contribution in [0.15, 0.2) is 55.6 Å². The number of allylic oxidation sites excluding steroid dienone is 1. The first-order valence-corrected chi connectivity index (χ1v) is 18.2. The van der Waals surface area contributed by atoms with Gasteiger partial charge in [0, 0.05) is 18.5 Å². The van der Waals surface area contributed by atoms with Gasteiger partial charge < -0.3 is 29.7 Å². The molecule has 0 saturated carbocycles. The van der Waals surface area contributed by atoms with E-state index in [1.165, 1.54) is 0 Å². The average Bonchev–Trinajstić information content (AvgIpc) is 3.71. The van der Waals surface area contributed by atoms with Crippen LogP contribution < -0.4 is 5.32 Å². The van der Waals surface area contributed by atoms with Crippen molar-refractivity contribution in [2.75, 3.05) is 19.8 Å². The van der Waals surface area contributed by atoms with E-state index >= 15 is 4.79 Å². The van der Waals surface area contributed by atoms with Crippen molar-refractivity contribution in [3.63, 3.8) is 0 Å².